The standard InChI is InChI=1S/C15H12BrClN2O2/c1-9(19-21)10-2-4-14(5-3-10)18-15(20)11-6-12(16)8-13(17)7-11/h2-8,21H,1H3,(H,18,20)/b19-9-. The zero-order valence-corrected chi connectivity index (χ0v) is 13.4. The predicted octanol–water partition coefficient (Wildman–Crippen LogP) is 4.55. The highest BCUT2D eigenvalue weighted by atomic mass is 79.9. The number of benzene rings is 2. The molecule has 0 spiro atoms. The van der Waals surface area contributed by atoms with Gasteiger partial charge in [-0.2, -0.15) is 0 Å². The Balaban J connectivity index is 2.16. The van der Waals surface area contributed by atoms with E-state index in [0.29, 0.717) is 22.0 Å². The van der Waals surface area contributed by atoms with Gasteiger partial charge in [-0.15, -0.1) is 0 Å². The van der Waals surface area contributed by atoms with Crippen LogP contribution in [0.5, 0.6) is 0 Å². The lowest BCUT2D eigenvalue weighted by atomic mass is 10.1. The fraction of sp³-hybridized carbons (Fsp3) is 0.0667. The number of hydrogen-bond acceptors (Lipinski definition) is 3. The van der Waals surface area contributed by atoms with Crippen molar-refractivity contribution in [3.63, 3.8) is 0 Å². The van der Waals surface area contributed by atoms with E-state index in [1.54, 1.807) is 49.4 Å². The van der Waals surface area contributed by atoms with Crippen LogP contribution < -0.4 is 5.32 Å². The van der Waals surface area contributed by atoms with Gasteiger partial charge in [-0.1, -0.05) is 44.8 Å². The highest BCUT2D eigenvalue weighted by molar-refractivity contribution is 9.10. The van der Waals surface area contributed by atoms with Crippen LogP contribution in [0.1, 0.15) is 22.8 Å². The number of nitrogens with one attached hydrogen (secondary N) is 1. The summed E-state index contributed by atoms with van der Waals surface area (Å²) in [7, 11) is 0. The van der Waals surface area contributed by atoms with Crippen LogP contribution >= 0.6 is 27.5 Å². The maximum Gasteiger partial charge on any atom is 0.255 e. The molecule has 0 aliphatic carbocycles. The average molecular weight is 368 g/mol. The Morgan fingerprint density at radius 2 is 1.86 bits per heavy atom. The number of rotatable bonds is 3. The van der Waals surface area contributed by atoms with Crippen molar-refractivity contribution in [2.75, 3.05) is 5.32 Å². The highest BCUT2D eigenvalue weighted by Crippen LogP contribution is 2.20. The molecule has 0 aliphatic heterocycles. The van der Waals surface area contributed by atoms with Gasteiger partial charge < -0.3 is 10.5 Å². The van der Waals surface area contributed by atoms with Crippen LogP contribution in [-0.4, -0.2) is 16.8 Å². The smallest absolute Gasteiger partial charge is 0.255 e. The summed E-state index contributed by atoms with van der Waals surface area (Å²) in [4.78, 5) is 12.1. The Morgan fingerprint density at radius 3 is 2.43 bits per heavy atom. The van der Waals surface area contributed by atoms with Crippen molar-refractivity contribution in [1.82, 2.24) is 0 Å². The number of carbonyl (C=O) groups is 1. The van der Waals surface area contributed by atoms with Gasteiger partial charge in [0.25, 0.3) is 5.91 Å². The number of carbonyl (C=O) groups excluding carboxylic acids is 1. The predicted molar refractivity (Wildman–Crippen MR) is 87.5 cm³/mol. The molecule has 21 heavy (non-hydrogen) atoms. The van der Waals surface area contributed by atoms with Crippen molar-refractivity contribution in [3.8, 4) is 0 Å². The molecule has 2 aromatic carbocycles. The Labute approximate surface area is 135 Å². The molecule has 0 aliphatic rings. The molecular formula is C15H12BrClN2O2. The van der Waals surface area contributed by atoms with E-state index in [1.807, 2.05) is 0 Å². The summed E-state index contributed by atoms with van der Waals surface area (Å²) >= 11 is 9.22. The molecule has 4 nitrogen and oxygen atoms in total. The minimum atomic E-state index is -0.251. The van der Waals surface area contributed by atoms with Gasteiger partial charge in [0.05, 0.1) is 5.71 Å². The first kappa shape index (κ1) is 15.5. The van der Waals surface area contributed by atoms with Crippen LogP contribution in [-0.2, 0) is 0 Å². The van der Waals surface area contributed by atoms with Gasteiger partial charge in [-0.3, -0.25) is 4.79 Å². The van der Waals surface area contributed by atoms with E-state index in [-0.39, 0.29) is 5.91 Å². The normalized spacial score (nSPS) is 11.3. The number of nitrogens with zero attached hydrogens (tertiary/aromatic N) is 1. The number of oxime groups is 1. The van der Waals surface area contributed by atoms with E-state index < -0.39 is 0 Å². The lowest BCUT2D eigenvalue weighted by Gasteiger charge is -2.07. The summed E-state index contributed by atoms with van der Waals surface area (Å²) in [6, 6.07) is 12.0. The Bertz CT molecular complexity index is 679. The van der Waals surface area contributed by atoms with E-state index in [1.165, 1.54) is 0 Å². The van der Waals surface area contributed by atoms with Gasteiger partial charge in [0.1, 0.15) is 0 Å². The molecule has 0 unspecified atom stereocenters. The fourth-order valence-electron chi connectivity index (χ4n) is 1.74. The van der Waals surface area contributed by atoms with E-state index in [2.05, 4.69) is 26.4 Å². The third kappa shape index (κ3) is 4.06. The van der Waals surface area contributed by atoms with Crippen molar-refractivity contribution in [3.05, 3.63) is 63.1 Å². The molecule has 0 aromatic heterocycles. The molecule has 0 saturated carbocycles. The van der Waals surface area contributed by atoms with E-state index in [0.717, 1.165) is 10.0 Å². The number of anilines is 1. The lowest BCUT2D eigenvalue weighted by molar-refractivity contribution is 0.102. The number of amides is 1. The van der Waals surface area contributed by atoms with E-state index in [4.69, 9.17) is 16.8 Å². The van der Waals surface area contributed by atoms with Crippen molar-refractivity contribution in [2.45, 2.75) is 6.92 Å². The molecule has 0 fully saturated rings. The maximum atomic E-state index is 12.1. The van der Waals surface area contributed by atoms with Crippen molar-refractivity contribution >= 4 is 44.8 Å². The molecule has 2 N–H and O–H groups in total. The second-order valence-corrected chi connectivity index (χ2v) is 5.73. The van der Waals surface area contributed by atoms with Crippen molar-refractivity contribution < 1.29 is 10.0 Å². The Morgan fingerprint density at radius 1 is 1.19 bits per heavy atom. The third-order valence-corrected chi connectivity index (χ3v) is 3.51. The molecule has 2 aromatic rings. The zero-order chi connectivity index (χ0) is 15.4. The summed E-state index contributed by atoms with van der Waals surface area (Å²) in [6.45, 7) is 1.69. The van der Waals surface area contributed by atoms with Crippen molar-refractivity contribution in [2.24, 2.45) is 5.16 Å². The Kier molecular flexibility index (Phi) is 4.98. The van der Waals surface area contributed by atoms with E-state index >= 15 is 0 Å². The molecular weight excluding hydrogens is 356 g/mol. The summed E-state index contributed by atoms with van der Waals surface area (Å²) in [6.07, 6.45) is 0. The van der Waals surface area contributed by atoms with Crippen LogP contribution in [0.4, 0.5) is 5.69 Å². The quantitative estimate of drug-likeness (QED) is 0.475. The van der Waals surface area contributed by atoms with Crippen LogP contribution in [0.3, 0.4) is 0 Å². The molecule has 2 rings (SSSR count). The SMILES string of the molecule is C/C(=N/O)c1ccc(NC(=O)c2cc(Cl)cc(Br)c2)cc1. The first-order chi connectivity index (χ1) is 9.99. The molecule has 0 heterocycles. The molecule has 6 heteroatoms. The zero-order valence-electron chi connectivity index (χ0n) is 11.1. The Hall–Kier alpha value is -1.85. The lowest BCUT2D eigenvalue weighted by Crippen LogP contribution is -2.12. The summed E-state index contributed by atoms with van der Waals surface area (Å²) in [5.74, 6) is -0.251. The topological polar surface area (TPSA) is 61.7 Å². The maximum absolute atomic E-state index is 12.1. The number of halogens is 2. The molecule has 0 saturated heterocycles. The minimum absolute atomic E-state index is 0.251. The molecule has 1 amide bonds. The fourth-order valence-corrected chi connectivity index (χ4v) is 2.60. The summed E-state index contributed by atoms with van der Waals surface area (Å²) in [5, 5.41) is 15.1. The van der Waals surface area contributed by atoms with Crippen molar-refractivity contribution in [1.29, 1.82) is 0 Å². The van der Waals surface area contributed by atoms with E-state index in [9.17, 15) is 4.79 Å². The van der Waals surface area contributed by atoms with Gasteiger partial charge in [0.15, 0.2) is 0 Å². The van der Waals surface area contributed by atoms with Gasteiger partial charge in [-0.05, 0) is 42.8 Å². The molecule has 0 bridgehead atoms. The summed E-state index contributed by atoms with van der Waals surface area (Å²) < 4.78 is 0.741. The summed E-state index contributed by atoms with van der Waals surface area (Å²) in [5.41, 5.74) is 2.39. The van der Waals surface area contributed by atoms with Gasteiger partial charge >= 0.3 is 0 Å². The third-order valence-electron chi connectivity index (χ3n) is 2.84. The van der Waals surface area contributed by atoms with Gasteiger partial charge in [0, 0.05) is 20.7 Å². The average Bonchev–Trinajstić information content (AvgIpc) is 2.46. The van der Waals surface area contributed by atoms with Gasteiger partial charge in [-0.25, -0.2) is 0 Å². The second kappa shape index (κ2) is 6.74. The van der Waals surface area contributed by atoms with Crippen LogP contribution in [0.2, 0.25) is 5.02 Å². The molecule has 0 atom stereocenters. The minimum Gasteiger partial charge on any atom is -0.411 e. The molecule has 0 radical (unpaired) electrons. The van der Waals surface area contributed by atoms with Crippen LogP contribution in [0.25, 0.3) is 0 Å². The first-order valence-electron chi connectivity index (χ1n) is 6.06. The molecule has 108 valence electrons. The monoisotopic (exact) mass is 366 g/mol. The largest absolute Gasteiger partial charge is 0.411 e. The second-order valence-electron chi connectivity index (χ2n) is 4.38. The number of hydrogen-bond donors (Lipinski definition) is 2. The van der Waals surface area contributed by atoms with Crippen LogP contribution in [0, 0.1) is 0 Å². The highest BCUT2D eigenvalue weighted by Gasteiger charge is 2.08. The van der Waals surface area contributed by atoms with Crippen LogP contribution in [0.15, 0.2) is 52.1 Å². The van der Waals surface area contributed by atoms with Gasteiger partial charge in [0.2, 0.25) is 0 Å². The first-order valence-corrected chi connectivity index (χ1v) is 7.23.